The molecule has 4 heterocycles. The highest BCUT2D eigenvalue weighted by Crippen LogP contribution is 2.51. The third-order valence-corrected chi connectivity index (χ3v) is 7.39. The number of amides is 1. The van der Waals surface area contributed by atoms with Gasteiger partial charge in [-0.1, -0.05) is 6.92 Å². The van der Waals surface area contributed by atoms with Crippen LogP contribution in [0.4, 0.5) is 0 Å². The number of hydrogen-bond donors (Lipinski definition) is 3. The molecule has 3 aliphatic rings. The molecule has 0 bridgehead atoms. The van der Waals surface area contributed by atoms with Crippen LogP contribution in [0.2, 0.25) is 0 Å². The van der Waals surface area contributed by atoms with Crippen LogP contribution in [-0.2, 0) is 16.0 Å². The first kappa shape index (κ1) is 19.4. The number of carboxylic acids is 1. The van der Waals surface area contributed by atoms with Crippen molar-refractivity contribution < 1.29 is 19.8 Å². The lowest BCUT2D eigenvalue weighted by Crippen LogP contribution is -2.63. The highest BCUT2D eigenvalue weighted by Gasteiger charge is 2.60. The van der Waals surface area contributed by atoms with Gasteiger partial charge in [0.15, 0.2) is 0 Å². The van der Waals surface area contributed by atoms with E-state index in [-0.39, 0.29) is 34.9 Å². The minimum atomic E-state index is -1.07. The fourth-order valence-electron chi connectivity index (χ4n) is 4.61. The summed E-state index contributed by atoms with van der Waals surface area (Å²) < 4.78 is 0. The number of thioether (sulfide) groups is 1. The zero-order valence-electron chi connectivity index (χ0n) is 15.8. The molecule has 0 saturated carbocycles. The Morgan fingerprint density at radius 2 is 2.14 bits per heavy atom. The van der Waals surface area contributed by atoms with Crippen LogP contribution in [0.5, 0.6) is 0 Å². The van der Waals surface area contributed by atoms with Gasteiger partial charge >= 0.3 is 5.97 Å². The van der Waals surface area contributed by atoms with Crippen molar-refractivity contribution >= 4 is 23.6 Å². The molecular formula is C19H24N4O4S. The van der Waals surface area contributed by atoms with Gasteiger partial charge in [0.1, 0.15) is 12.0 Å². The monoisotopic (exact) mass is 404 g/mol. The van der Waals surface area contributed by atoms with E-state index in [1.54, 1.807) is 18.7 Å². The number of carboxylic acid groups (broad SMARTS) is 1. The second-order valence-corrected chi connectivity index (χ2v) is 9.15. The number of carbonyl (C=O) groups excluding carboxylic acids is 1. The van der Waals surface area contributed by atoms with Gasteiger partial charge < -0.3 is 20.4 Å². The summed E-state index contributed by atoms with van der Waals surface area (Å²) in [7, 11) is 0. The largest absolute Gasteiger partial charge is 0.477 e. The number of rotatable bonds is 6. The van der Waals surface area contributed by atoms with E-state index in [0.717, 1.165) is 29.9 Å². The van der Waals surface area contributed by atoms with Crippen LogP contribution in [0, 0.1) is 11.8 Å². The van der Waals surface area contributed by atoms with Crippen LogP contribution in [-0.4, -0.2) is 66.9 Å². The predicted octanol–water partition coefficient (Wildman–Crippen LogP) is 0.637. The van der Waals surface area contributed by atoms with Gasteiger partial charge in [0.05, 0.1) is 18.1 Å². The average Bonchev–Trinajstić information content (AvgIpc) is 3.17. The molecule has 6 atom stereocenters. The predicted molar refractivity (Wildman–Crippen MR) is 103 cm³/mol. The lowest BCUT2D eigenvalue weighted by atomic mass is 9.79. The van der Waals surface area contributed by atoms with E-state index < -0.39 is 18.0 Å². The Balaban J connectivity index is 1.47. The van der Waals surface area contributed by atoms with Crippen molar-refractivity contribution in [3.05, 3.63) is 34.9 Å². The van der Waals surface area contributed by atoms with Gasteiger partial charge in [0.25, 0.3) is 0 Å². The Labute approximate surface area is 167 Å². The number of aliphatic hydroxyl groups excluding tert-OH is 1. The van der Waals surface area contributed by atoms with E-state index >= 15 is 0 Å². The molecular weight excluding hydrogens is 380 g/mol. The molecule has 3 aliphatic heterocycles. The van der Waals surface area contributed by atoms with E-state index in [1.807, 2.05) is 19.3 Å². The number of nitrogens with zero attached hydrogens (tertiary/aromatic N) is 3. The SMILES string of the molecule is C[C@@H](O)[C@H]1C(=O)N2C(C(=O)O)=C(S[C@@H]3CN[C@H](Cc4cncnc4)C3)[C@H](C)[C@H]12. The van der Waals surface area contributed by atoms with Crippen LogP contribution < -0.4 is 5.32 Å². The summed E-state index contributed by atoms with van der Waals surface area (Å²) in [5.41, 5.74) is 1.17. The molecule has 0 unspecified atom stereocenters. The standard InChI is InChI=1S/C19H24N4O4S/c1-9-15-14(10(2)24)18(25)23(15)16(19(26)27)17(9)28-13-4-12(22-7-13)3-11-5-20-8-21-6-11/h5-6,8-10,12-15,22,24H,3-4,7H2,1-2H3,(H,26,27)/t9-,10-,12-,13+,14-,15-/m1/s1. The molecule has 0 aliphatic carbocycles. The number of aliphatic carboxylic acids is 1. The van der Waals surface area contributed by atoms with Crippen molar-refractivity contribution in [2.45, 2.75) is 50.1 Å². The van der Waals surface area contributed by atoms with Crippen molar-refractivity contribution in [2.24, 2.45) is 11.8 Å². The maximum atomic E-state index is 12.4. The molecule has 2 fully saturated rings. The third-order valence-electron chi connectivity index (χ3n) is 5.88. The van der Waals surface area contributed by atoms with Crippen LogP contribution in [0.3, 0.4) is 0 Å². The number of β-lactam (4-membered cyclic amide) rings is 1. The molecule has 1 aromatic rings. The minimum absolute atomic E-state index is 0.0880. The molecule has 3 N–H and O–H groups in total. The van der Waals surface area contributed by atoms with E-state index in [1.165, 1.54) is 11.2 Å². The first-order valence-electron chi connectivity index (χ1n) is 9.51. The molecule has 4 rings (SSSR count). The number of fused-ring (bicyclic) bond motifs is 1. The highest BCUT2D eigenvalue weighted by atomic mass is 32.2. The van der Waals surface area contributed by atoms with E-state index in [2.05, 4.69) is 15.3 Å². The Bertz CT molecular complexity index is 815. The van der Waals surface area contributed by atoms with Gasteiger partial charge in [-0.3, -0.25) is 4.79 Å². The smallest absolute Gasteiger partial charge is 0.353 e. The number of carbonyl (C=O) groups is 2. The number of nitrogens with one attached hydrogen (secondary N) is 1. The zero-order chi connectivity index (χ0) is 20.0. The van der Waals surface area contributed by atoms with Crippen molar-refractivity contribution in [1.29, 1.82) is 0 Å². The van der Waals surface area contributed by atoms with Crippen molar-refractivity contribution in [3.63, 3.8) is 0 Å². The normalized spacial score (nSPS) is 33.0. The van der Waals surface area contributed by atoms with Gasteiger partial charge in [0.2, 0.25) is 5.91 Å². The number of hydrogen-bond acceptors (Lipinski definition) is 7. The minimum Gasteiger partial charge on any atom is -0.477 e. The van der Waals surface area contributed by atoms with E-state index in [0.29, 0.717) is 0 Å². The number of aliphatic hydroxyl groups is 1. The van der Waals surface area contributed by atoms with Crippen LogP contribution >= 0.6 is 11.8 Å². The lowest BCUT2D eigenvalue weighted by Gasteiger charge is -2.46. The maximum absolute atomic E-state index is 12.4. The average molecular weight is 404 g/mol. The summed E-state index contributed by atoms with van der Waals surface area (Å²) >= 11 is 1.57. The molecule has 150 valence electrons. The summed E-state index contributed by atoms with van der Waals surface area (Å²) in [6.45, 7) is 4.33. The second kappa shape index (κ2) is 7.46. The Hall–Kier alpha value is -1.97. The molecule has 28 heavy (non-hydrogen) atoms. The topological polar surface area (TPSA) is 116 Å². The van der Waals surface area contributed by atoms with Gasteiger partial charge in [-0.05, 0) is 25.3 Å². The summed E-state index contributed by atoms with van der Waals surface area (Å²) in [6, 6.07) is 0.0330. The summed E-state index contributed by atoms with van der Waals surface area (Å²) in [5, 5.41) is 23.4. The quantitative estimate of drug-likeness (QED) is 0.592. The van der Waals surface area contributed by atoms with Crippen LogP contribution in [0.1, 0.15) is 25.8 Å². The first-order valence-corrected chi connectivity index (χ1v) is 10.4. The van der Waals surface area contributed by atoms with Gasteiger partial charge in [-0.25, -0.2) is 14.8 Å². The van der Waals surface area contributed by atoms with Gasteiger partial charge in [-0.15, -0.1) is 11.8 Å². The Kier molecular flexibility index (Phi) is 5.15. The molecule has 2 saturated heterocycles. The molecule has 1 amide bonds. The molecule has 0 radical (unpaired) electrons. The zero-order valence-corrected chi connectivity index (χ0v) is 16.6. The molecule has 9 heteroatoms. The first-order chi connectivity index (χ1) is 13.4. The highest BCUT2D eigenvalue weighted by molar-refractivity contribution is 8.03. The number of aromatic nitrogens is 2. The fraction of sp³-hybridized carbons (Fsp3) is 0.579. The van der Waals surface area contributed by atoms with Crippen molar-refractivity contribution in [2.75, 3.05) is 6.54 Å². The summed E-state index contributed by atoms with van der Waals surface area (Å²) in [6.07, 6.45) is 6.09. The van der Waals surface area contributed by atoms with E-state index in [9.17, 15) is 19.8 Å². The summed E-state index contributed by atoms with van der Waals surface area (Å²) in [5.74, 6) is -1.96. The summed E-state index contributed by atoms with van der Waals surface area (Å²) in [4.78, 5) is 34.5. The van der Waals surface area contributed by atoms with Crippen LogP contribution in [0.15, 0.2) is 29.3 Å². The molecule has 8 nitrogen and oxygen atoms in total. The Morgan fingerprint density at radius 3 is 2.79 bits per heavy atom. The molecule has 0 spiro atoms. The Morgan fingerprint density at radius 1 is 1.43 bits per heavy atom. The molecule has 0 aromatic carbocycles. The second-order valence-electron chi connectivity index (χ2n) is 7.80. The van der Waals surface area contributed by atoms with Crippen molar-refractivity contribution in [3.8, 4) is 0 Å². The van der Waals surface area contributed by atoms with Gasteiger partial charge in [0, 0.05) is 41.1 Å². The van der Waals surface area contributed by atoms with Crippen LogP contribution in [0.25, 0.3) is 0 Å². The third kappa shape index (κ3) is 3.21. The van der Waals surface area contributed by atoms with Gasteiger partial charge in [-0.2, -0.15) is 0 Å². The van der Waals surface area contributed by atoms with Crippen molar-refractivity contribution in [1.82, 2.24) is 20.2 Å². The van der Waals surface area contributed by atoms with E-state index in [4.69, 9.17) is 0 Å². The maximum Gasteiger partial charge on any atom is 0.353 e. The fourth-order valence-corrected chi connectivity index (χ4v) is 6.12. The lowest BCUT2D eigenvalue weighted by molar-refractivity contribution is -0.163. The molecule has 1 aromatic heterocycles.